The summed E-state index contributed by atoms with van der Waals surface area (Å²) in [5, 5.41) is 136. The van der Waals surface area contributed by atoms with Gasteiger partial charge in [-0.1, -0.05) is 78.1 Å². The molecule has 6 amide bonds. The van der Waals surface area contributed by atoms with Gasteiger partial charge in [0.05, 0.1) is 55.7 Å². The van der Waals surface area contributed by atoms with Gasteiger partial charge in [0, 0.05) is 26.8 Å². The summed E-state index contributed by atoms with van der Waals surface area (Å²) in [7, 11) is -5.96. The highest BCUT2D eigenvalue weighted by Gasteiger charge is 2.66. The van der Waals surface area contributed by atoms with E-state index in [0.717, 1.165) is 86.9 Å². The van der Waals surface area contributed by atoms with Crippen molar-refractivity contribution in [3.05, 3.63) is 94.7 Å². The van der Waals surface area contributed by atoms with Gasteiger partial charge in [0.1, 0.15) is 97.1 Å². The SMILES string of the molecule is C=C(C/C=C(\C)CCC=C(C)C)CCC(C)(C)/C=C/CC/C(C)=C/CO[C@H](COP(=O)(O)OC1OC(C(N)=O)C(C)(O)C(OC(N)=O)C1C1OC(OC2OC(CO)C(O)C(O)C2O)C(C2OC(C)C(OC3OC(c4nc(C(=O)CCO)nn4-c4ccc(OON)cc4C(=O)N[C@@H](CCCN=C(N)N)C(N)=O)C(O)C(O)C3O)C(O)C2NC(C)=O)OC1NC(C)=O)C(=O)O. The number of carboxylic acid groups (broad SMARTS) is 1. The molecule has 0 saturated carbocycles. The van der Waals surface area contributed by atoms with Crippen molar-refractivity contribution in [1.82, 2.24) is 30.7 Å². The highest BCUT2D eigenvalue weighted by molar-refractivity contribution is 7.47. The van der Waals surface area contributed by atoms with Crippen LogP contribution in [0.25, 0.3) is 5.69 Å². The molecule has 48 nitrogen and oxygen atoms in total. The Morgan fingerprint density at radius 1 is 0.766 bits per heavy atom. The zero-order valence-electron chi connectivity index (χ0n) is 72.3. The molecule has 1 aromatic heterocycles. The molecule has 0 bridgehead atoms. The first kappa shape index (κ1) is 106. The Hall–Kier alpha value is -8.84. The van der Waals surface area contributed by atoms with E-state index in [1.165, 1.54) is 18.1 Å². The van der Waals surface area contributed by atoms with Crippen LogP contribution in [-0.4, -0.2) is 309 Å². The number of primary amides is 3. The third-order valence-corrected chi connectivity index (χ3v) is 22.5. The van der Waals surface area contributed by atoms with Gasteiger partial charge in [-0.25, -0.2) is 23.8 Å². The normalized spacial score (nSPS) is 30.9. The molecule has 25 unspecified atom stereocenters. The Bertz CT molecular complexity index is 4350. The van der Waals surface area contributed by atoms with Crippen molar-refractivity contribution < 1.29 is 170 Å². The number of rotatable bonds is 46. The number of guanidine groups is 1. The van der Waals surface area contributed by atoms with E-state index in [-0.39, 0.29) is 48.8 Å². The third-order valence-electron chi connectivity index (χ3n) is 21.5. The molecule has 7 rings (SSSR count). The number of benzene rings is 1. The number of Topliss-reactive ketones (excluding diaryl/α,β-unsaturated/α-hetero) is 1. The fourth-order valence-electron chi connectivity index (χ4n) is 14.7. The monoisotopic (exact) mass is 1840 g/mol. The van der Waals surface area contributed by atoms with Crippen LogP contribution in [0.3, 0.4) is 0 Å². The van der Waals surface area contributed by atoms with Gasteiger partial charge in [0.2, 0.25) is 35.2 Å². The molecule has 5 saturated heterocycles. The van der Waals surface area contributed by atoms with Crippen LogP contribution in [0.4, 0.5) is 4.79 Å². The molecule has 5 aliphatic rings. The molecule has 49 heteroatoms. The van der Waals surface area contributed by atoms with Crippen molar-refractivity contribution in [2.75, 3.05) is 33.0 Å². The lowest BCUT2D eigenvalue weighted by molar-refractivity contribution is -0.408. The molecule has 6 heterocycles. The summed E-state index contributed by atoms with van der Waals surface area (Å²) < 4.78 is 87.0. The second-order valence-electron chi connectivity index (χ2n) is 32.7. The van der Waals surface area contributed by atoms with Gasteiger partial charge in [0.15, 0.2) is 61.1 Å². The van der Waals surface area contributed by atoms with E-state index in [0.29, 0.717) is 12.8 Å². The molecule has 0 radical (unpaired) electrons. The van der Waals surface area contributed by atoms with E-state index in [4.69, 9.17) is 95.9 Å². The molecule has 0 spiro atoms. The number of ketones is 1. The Kier molecular flexibility index (Phi) is 39.7. The predicted octanol–water partition coefficient (Wildman–Crippen LogP) is -3.07. The van der Waals surface area contributed by atoms with Crippen LogP contribution >= 0.6 is 7.82 Å². The van der Waals surface area contributed by atoms with Gasteiger partial charge >= 0.3 is 19.9 Å². The van der Waals surface area contributed by atoms with Crippen LogP contribution in [0.2, 0.25) is 0 Å². The molecule has 128 heavy (non-hydrogen) atoms. The molecule has 0 aliphatic carbocycles. The Labute approximate surface area is 735 Å². The first-order chi connectivity index (χ1) is 60.0. The topological polar surface area (TPSA) is 761 Å². The number of nitrogens with one attached hydrogen (secondary N) is 3. The summed E-state index contributed by atoms with van der Waals surface area (Å²) in [5.74, 6) is -7.69. The number of aromatic nitrogens is 3. The molecule has 5 fully saturated rings. The number of nitrogens with two attached hydrogens (primary N) is 6. The van der Waals surface area contributed by atoms with Crippen LogP contribution in [-0.2, 0) is 89.9 Å². The van der Waals surface area contributed by atoms with E-state index in [2.05, 4.69) is 95.4 Å². The van der Waals surface area contributed by atoms with E-state index in [9.17, 15) is 104 Å². The van der Waals surface area contributed by atoms with E-state index < -0.39 is 257 Å². The molecule has 27 N–H and O–H groups in total. The quantitative estimate of drug-likeness (QED) is 0.00457. The predicted molar refractivity (Wildman–Crippen MR) is 440 cm³/mol. The number of phosphoric ester groups is 1. The maximum Gasteiger partial charge on any atom is 0.474 e. The minimum atomic E-state index is -5.96. The van der Waals surface area contributed by atoms with E-state index in [1.807, 2.05) is 6.08 Å². The number of carbonyl (C=O) groups is 8. The van der Waals surface area contributed by atoms with Crippen molar-refractivity contribution in [3.8, 4) is 11.4 Å². The summed E-state index contributed by atoms with van der Waals surface area (Å²) in [6.07, 6.45) is -36.4. The summed E-state index contributed by atoms with van der Waals surface area (Å²) in [5.41, 5.74) is 28.3. The number of carboxylic acids is 1. The molecular weight excluding hydrogens is 1720 g/mol. The lowest BCUT2D eigenvalue weighted by Gasteiger charge is -2.55. The largest absolute Gasteiger partial charge is 0.479 e. The number of nitrogens with zero attached hydrogens (tertiary/aromatic N) is 4. The number of hydrogen-bond donors (Lipinski definition) is 21. The maximum absolute atomic E-state index is 14.5. The van der Waals surface area contributed by atoms with E-state index in [1.54, 1.807) is 13.0 Å². The first-order valence-corrected chi connectivity index (χ1v) is 42.4. The Morgan fingerprint density at radius 3 is 2.03 bits per heavy atom. The molecular formula is C79H122N13O35P. The standard InChI is InChI=1S/C79H122N13O35P/c1-35(2)16-14-18-36(3)20-21-38(5)24-28-78(9,10)27-13-12-17-37(4)26-31-114-48(71(108)109)34-115-128(112,113)126-72-49(63(123-77(84)110)79(11,111)64(122-72)66(81)106)59-70(88-41(8)96)118-62(75(120-59)124-73-56(103)53(100)51(98)47(33-94)117-73)60-50(87-40(7)95)52(99)58(39(6)116-60)119-74-57(104)54(101)55(102)61(121-74)68-90-67(46(97)25-30-93)91-92(68)45-23-22-42(125-127-85)32-43(45)69(107)89-44(65(80)105)19-15-29-86-76(82)83/h13,16,20,22-23,26-27,32,39,44,47-64,70,72-75,93-94,98-104,111H,5,12,14-15,17-19,21,24-25,28-31,33-34,85H2,1-4,6-11H3,(H2,80,105)(H2,81,106)(H2,84,110)(H,87,95)(H,88,96)(H,89,107)(H,108,109)(H,112,113)(H4,82,83,86)/b27-13+,36-20+,37-26+/t39?,44-,47?,48+,49?,50?,51?,52?,53?,54?,55?,56?,57?,58?,59?,60?,61?,62?,63?,64?,70?,72?,73?,74?,75?,79?/m0/s1. The zero-order chi connectivity index (χ0) is 95.3. The average molecular weight is 1840 g/mol. The van der Waals surface area contributed by atoms with Gasteiger partial charge in [-0.2, -0.15) is 5.90 Å². The fourth-order valence-corrected chi connectivity index (χ4v) is 15.5. The number of ether oxygens (including phenoxy) is 10. The lowest BCUT2D eigenvalue weighted by atomic mass is 9.77. The van der Waals surface area contributed by atoms with Crippen molar-refractivity contribution >= 4 is 61.2 Å². The first-order valence-electron chi connectivity index (χ1n) is 40.9. The summed E-state index contributed by atoms with van der Waals surface area (Å²) >= 11 is 0. The highest BCUT2D eigenvalue weighted by Crippen LogP contribution is 2.52. The summed E-state index contributed by atoms with van der Waals surface area (Å²) in [6.45, 7) is 16.8. The van der Waals surface area contributed by atoms with Crippen LogP contribution in [0.1, 0.15) is 166 Å². The Balaban J connectivity index is 1.21. The summed E-state index contributed by atoms with van der Waals surface area (Å²) in [6, 6.07) is -0.197. The number of aliphatic hydroxyl groups is 10. The zero-order valence-corrected chi connectivity index (χ0v) is 73.2. The number of allylic oxidation sites excluding steroid dienone is 8. The average Bonchev–Trinajstić information content (AvgIpc) is 0.782. The molecule has 1 aromatic carbocycles. The second-order valence-corrected chi connectivity index (χ2v) is 34.1. The van der Waals surface area contributed by atoms with Gasteiger partial charge < -0.3 is 158 Å². The number of aliphatic carboxylic acids is 1. The summed E-state index contributed by atoms with van der Waals surface area (Å²) in [4.78, 5) is 136. The number of phosphoric acid groups is 1. The van der Waals surface area contributed by atoms with Crippen LogP contribution in [0.15, 0.2) is 82.4 Å². The van der Waals surface area contributed by atoms with Gasteiger partial charge in [-0.05, 0) is 123 Å². The van der Waals surface area contributed by atoms with Crippen molar-refractivity contribution in [2.45, 2.75) is 286 Å². The number of aliphatic imine (C=N–C) groups is 1. The second kappa shape index (κ2) is 47.8. The van der Waals surface area contributed by atoms with Gasteiger partial charge in [0.25, 0.3) is 5.91 Å². The Morgan fingerprint density at radius 2 is 1.42 bits per heavy atom. The highest BCUT2D eigenvalue weighted by atomic mass is 31.2. The molecule has 718 valence electrons. The van der Waals surface area contributed by atoms with Crippen molar-refractivity contribution in [3.63, 3.8) is 0 Å². The van der Waals surface area contributed by atoms with Crippen LogP contribution < -0.4 is 55.4 Å². The molecule has 2 aromatic rings. The number of hydrogen-bond acceptors (Lipinski definition) is 37. The minimum Gasteiger partial charge on any atom is -0.479 e. The third kappa shape index (κ3) is 29.1. The van der Waals surface area contributed by atoms with Gasteiger partial charge in [-0.3, -0.25) is 42.8 Å². The number of aliphatic hydroxyl groups excluding tert-OH is 9. The number of amides is 6. The number of carbonyl (C=O) groups excluding carboxylic acids is 7. The van der Waals surface area contributed by atoms with Crippen LogP contribution in [0, 0.1) is 11.3 Å². The van der Waals surface area contributed by atoms with Crippen molar-refractivity contribution in [1.29, 1.82) is 0 Å². The lowest BCUT2D eigenvalue weighted by Crippen LogP contribution is -2.74. The fraction of sp³-hybridized carbons (Fsp3) is 0.658. The van der Waals surface area contributed by atoms with Crippen LogP contribution in [0.5, 0.6) is 5.75 Å². The van der Waals surface area contributed by atoms with Gasteiger partial charge in [-0.15, -0.1) is 5.10 Å². The van der Waals surface area contributed by atoms with Crippen molar-refractivity contribution in [2.24, 2.45) is 50.9 Å². The van der Waals surface area contributed by atoms with E-state index >= 15 is 0 Å². The smallest absolute Gasteiger partial charge is 0.474 e. The maximum atomic E-state index is 14.5. The molecule has 27 atom stereocenters. The minimum absolute atomic E-state index is 0.00618. The molecule has 5 aliphatic heterocycles.